The van der Waals surface area contributed by atoms with Crippen LogP contribution in [0.25, 0.3) is 0 Å². The number of nitrogens with zero attached hydrogens (tertiary/aromatic N) is 2. The van der Waals surface area contributed by atoms with Crippen molar-refractivity contribution in [3.05, 3.63) is 121 Å². The van der Waals surface area contributed by atoms with E-state index in [9.17, 15) is 9.59 Å². The molecular weight excluding hydrogens is 532 g/mol. The van der Waals surface area contributed by atoms with Gasteiger partial charge in [-0.15, -0.1) is 0 Å². The average molecular weight is 569 g/mol. The molecule has 10 nitrogen and oxygen atoms in total. The Morgan fingerprint density at radius 1 is 0.524 bits per heavy atom. The van der Waals surface area contributed by atoms with Crippen molar-refractivity contribution in [2.24, 2.45) is 21.5 Å². The van der Waals surface area contributed by atoms with Crippen molar-refractivity contribution in [3.8, 4) is 0 Å². The van der Waals surface area contributed by atoms with Crippen LogP contribution in [0.3, 0.4) is 0 Å². The average Bonchev–Trinajstić information content (AvgIpc) is 2.98. The summed E-state index contributed by atoms with van der Waals surface area (Å²) in [5.41, 5.74) is 15.1. The molecule has 0 aliphatic carbocycles. The van der Waals surface area contributed by atoms with Gasteiger partial charge in [0.25, 0.3) is 0 Å². The Hall–Kier alpha value is -5.64. The molecule has 0 aliphatic heterocycles. The van der Waals surface area contributed by atoms with Crippen LogP contribution < -0.4 is 22.1 Å². The summed E-state index contributed by atoms with van der Waals surface area (Å²) >= 11 is 0. The monoisotopic (exact) mass is 568 g/mol. The van der Waals surface area contributed by atoms with Crippen molar-refractivity contribution in [1.29, 1.82) is 0 Å². The van der Waals surface area contributed by atoms with Gasteiger partial charge in [-0.2, -0.15) is 0 Å². The zero-order chi connectivity index (χ0) is 30.4. The molecule has 4 rings (SSSR count). The third-order valence-corrected chi connectivity index (χ3v) is 5.14. The van der Waals surface area contributed by atoms with Crippen LogP contribution in [0.1, 0.15) is 25.7 Å². The zero-order valence-corrected chi connectivity index (χ0v) is 23.1. The minimum Gasteiger partial charge on any atom is -0.481 e. The number of benzene rings is 4. The molecule has 218 valence electrons. The molecule has 4 aromatic rings. The van der Waals surface area contributed by atoms with E-state index in [2.05, 4.69) is 20.6 Å². The third kappa shape index (κ3) is 15.7. The number of nitrogens with one attached hydrogen (secondary N) is 2. The van der Waals surface area contributed by atoms with E-state index in [-0.39, 0.29) is 12.8 Å². The smallest absolute Gasteiger partial charge is 0.303 e. The van der Waals surface area contributed by atoms with Crippen LogP contribution in [-0.4, -0.2) is 34.1 Å². The van der Waals surface area contributed by atoms with Gasteiger partial charge in [-0.3, -0.25) is 9.59 Å². The number of carboxylic acids is 2. The number of unbranched alkanes of at least 4 members (excludes halogenated alkanes) is 1. The molecule has 0 unspecified atom stereocenters. The molecule has 0 radical (unpaired) electrons. The molecule has 0 saturated heterocycles. The molecule has 0 fully saturated rings. The highest BCUT2D eigenvalue weighted by molar-refractivity contribution is 5.94. The van der Waals surface area contributed by atoms with E-state index in [1.165, 1.54) is 0 Å². The van der Waals surface area contributed by atoms with E-state index in [0.29, 0.717) is 24.8 Å². The largest absolute Gasteiger partial charge is 0.481 e. The topological polar surface area (TPSA) is 175 Å². The first kappa shape index (κ1) is 32.6. The first-order valence-corrected chi connectivity index (χ1v) is 13.2. The summed E-state index contributed by atoms with van der Waals surface area (Å²) in [6.07, 6.45) is 1.02. The molecule has 42 heavy (non-hydrogen) atoms. The fourth-order valence-electron chi connectivity index (χ4n) is 3.23. The second kappa shape index (κ2) is 19.4. The number of anilines is 2. The lowest BCUT2D eigenvalue weighted by atomic mass is 10.2. The van der Waals surface area contributed by atoms with Crippen LogP contribution in [0, 0.1) is 0 Å². The molecular formula is C32H36N6O4. The van der Waals surface area contributed by atoms with Crippen molar-refractivity contribution < 1.29 is 19.8 Å². The standard InChI is InChI=1S/2C13H13N3.C6H10O4/c2*14-13(15-11-7-3-1-4-8-11)16-12-9-5-2-6-10-12;7-5(8)3-1-2-4-6(9)10/h2*1-10H,(H3,14,15,16);1-4H2,(H,7,8)(H,9,10). The number of nitrogens with two attached hydrogens (primary N) is 2. The number of aliphatic carboxylic acids is 2. The summed E-state index contributed by atoms with van der Waals surface area (Å²) < 4.78 is 0. The van der Waals surface area contributed by atoms with Crippen molar-refractivity contribution >= 4 is 46.6 Å². The number of guanidine groups is 2. The summed E-state index contributed by atoms with van der Waals surface area (Å²) in [4.78, 5) is 28.3. The fourth-order valence-corrected chi connectivity index (χ4v) is 3.23. The Labute approximate surface area is 245 Å². The summed E-state index contributed by atoms with van der Waals surface area (Å²) in [6, 6.07) is 38.6. The molecule has 0 aromatic heterocycles. The minimum atomic E-state index is -0.870. The summed E-state index contributed by atoms with van der Waals surface area (Å²) in [6.45, 7) is 0. The molecule has 0 heterocycles. The van der Waals surface area contributed by atoms with Gasteiger partial charge < -0.3 is 32.3 Å². The van der Waals surface area contributed by atoms with Crippen LogP contribution in [0.15, 0.2) is 131 Å². The van der Waals surface area contributed by atoms with Crippen LogP contribution in [0.4, 0.5) is 22.7 Å². The highest BCUT2D eigenvalue weighted by atomic mass is 16.4. The highest BCUT2D eigenvalue weighted by Crippen LogP contribution is 2.12. The number of para-hydroxylation sites is 4. The normalized spacial score (nSPS) is 10.7. The molecule has 0 amide bonds. The molecule has 0 atom stereocenters. The van der Waals surface area contributed by atoms with Crippen molar-refractivity contribution in [3.63, 3.8) is 0 Å². The Bertz CT molecular complexity index is 1270. The number of carboxylic acid groups (broad SMARTS) is 2. The molecule has 0 bridgehead atoms. The van der Waals surface area contributed by atoms with Crippen LogP contribution in [-0.2, 0) is 9.59 Å². The molecule has 10 heteroatoms. The quantitative estimate of drug-likeness (QED) is 0.0785. The van der Waals surface area contributed by atoms with Gasteiger partial charge in [0, 0.05) is 24.2 Å². The first-order valence-electron chi connectivity index (χ1n) is 13.2. The first-order chi connectivity index (χ1) is 20.3. The number of hydrogen-bond donors (Lipinski definition) is 6. The van der Waals surface area contributed by atoms with Crippen LogP contribution in [0.2, 0.25) is 0 Å². The third-order valence-electron chi connectivity index (χ3n) is 5.14. The predicted molar refractivity (Wildman–Crippen MR) is 169 cm³/mol. The highest BCUT2D eigenvalue weighted by Gasteiger charge is 1.99. The minimum absolute atomic E-state index is 0.0628. The van der Waals surface area contributed by atoms with Gasteiger partial charge in [-0.05, 0) is 61.4 Å². The number of hydrogen-bond acceptors (Lipinski definition) is 4. The lowest BCUT2D eigenvalue weighted by Gasteiger charge is -2.04. The maximum Gasteiger partial charge on any atom is 0.303 e. The summed E-state index contributed by atoms with van der Waals surface area (Å²) in [7, 11) is 0. The van der Waals surface area contributed by atoms with Crippen molar-refractivity contribution in [2.75, 3.05) is 10.6 Å². The van der Waals surface area contributed by atoms with Gasteiger partial charge in [0.1, 0.15) is 0 Å². The van der Waals surface area contributed by atoms with Crippen molar-refractivity contribution in [2.45, 2.75) is 25.7 Å². The van der Waals surface area contributed by atoms with Gasteiger partial charge in [-0.25, -0.2) is 9.98 Å². The van der Waals surface area contributed by atoms with Gasteiger partial charge in [0.05, 0.1) is 11.4 Å². The van der Waals surface area contributed by atoms with E-state index in [4.69, 9.17) is 21.7 Å². The number of rotatable bonds is 9. The van der Waals surface area contributed by atoms with Gasteiger partial charge in [-0.1, -0.05) is 72.8 Å². The lowest BCUT2D eigenvalue weighted by Crippen LogP contribution is -2.21. The summed E-state index contributed by atoms with van der Waals surface area (Å²) in [5, 5.41) is 22.3. The molecule has 0 aliphatic rings. The summed E-state index contributed by atoms with van der Waals surface area (Å²) in [5.74, 6) is -0.967. The molecule has 8 N–H and O–H groups in total. The maximum absolute atomic E-state index is 9.90. The lowest BCUT2D eigenvalue weighted by molar-refractivity contribution is -0.139. The van der Waals surface area contributed by atoms with Gasteiger partial charge in [0.2, 0.25) is 0 Å². The van der Waals surface area contributed by atoms with Gasteiger partial charge >= 0.3 is 11.9 Å². The van der Waals surface area contributed by atoms with E-state index in [1.54, 1.807) is 0 Å². The van der Waals surface area contributed by atoms with Crippen molar-refractivity contribution in [1.82, 2.24) is 0 Å². The van der Waals surface area contributed by atoms with E-state index in [0.717, 1.165) is 22.7 Å². The van der Waals surface area contributed by atoms with E-state index in [1.807, 2.05) is 121 Å². The Morgan fingerprint density at radius 3 is 1.10 bits per heavy atom. The number of aliphatic imine (C=N–C) groups is 2. The zero-order valence-electron chi connectivity index (χ0n) is 23.1. The second-order valence-corrected chi connectivity index (χ2v) is 8.64. The van der Waals surface area contributed by atoms with E-state index < -0.39 is 11.9 Å². The maximum atomic E-state index is 9.90. The van der Waals surface area contributed by atoms with Crippen LogP contribution in [0.5, 0.6) is 0 Å². The predicted octanol–water partition coefficient (Wildman–Crippen LogP) is 6.21. The fraction of sp³-hybridized carbons (Fsp3) is 0.125. The molecule has 4 aromatic carbocycles. The Balaban J connectivity index is 0.000000228. The van der Waals surface area contributed by atoms with Gasteiger partial charge in [0.15, 0.2) is 11.9 Å². The Morgan fingerprint density at radius 2 is 0.810 bits per heavy atom. The number of carbonyl (C=O) groups is 2. The van der Waals surface area contributed by atoms with E-state index >= 15 is 0 Å². The molecule has 0 saturated carbocycles. The van der Waals surface area contributed by atoms with Crippen LogP contribution >= 0.6 is 0 Å². The molecule has 0 spiro atoms. The Kier molecular flexibility index (Phi) is 15.1. The SMILES string of the molecule is NC(=Nc1ccccc1)Nc1ccccc1.NC(=Nc1ccccc1)Nc1ccccc1.O=C(O)CCCCC(=O)O. The second-order valence-electron chi connectivity index (χ2n) is 8.64.